The Balaban J connectivity index is 2.08. The van der Waals surface area contributed by atoms with E-state index in [4.69, 9.17) is 5.11 Å². The summed E-state index contributed by atoms with van der Waals surface area (Å²) in [5, 5.41) is 10.1. The number of aromatic nitrogens is 1. The van der Waals surface area contributed by atoms with Crippen LogP contribution in [0.25, 0.3) is 10.6 Å². The van der Waals surface area contributed by atoms with Crippen LogP contribution in [0.4, 0.5) is 0 Å². The first-order valence-electron chi connectivity index (χ1n) is 6.58. The van der Waals surface area contributed by atoms with Crippen LogP contribution in [0.3, 0.4) is 0 Å². The number of likely N-dealkylation sites (N-methyl/N-ethyl adjacent to an activating group) is 1. The lowest BCUT2D eigenvalue weighted by atomic mass is 10.2. The maximum absolute atomic E-state index is 9.00. The second kappa shape index (κ2) is 6.80. The van der Waals surface area contributed by atoms with Crippen LogP contribution in [-0.2, 0) is 6.54 Å². The minimum atomic E-state index is 0.206. The fourth-order valence-electron chi connectivity index (χ4n) is 1.92. The lowest BCUT2D eigenvalue weighted by Gasteiger charge is -2.17. The summed E-state index contributed by atoms with van der Waals surface area (Å²) in [5.74, 6) is 0. The van der Waals surface area contributed by atoms with E-state index in [2.05, 4.69) is 48.0 Å². The minimum Gasteiger partial charge on any atom is -0.395 e. The summed E-state index contributed by atoms with van der Waals surface area (Å²) in [4.78, 5) is 7.95. The van der Waals surface area contributed by atoms with Gasteiger partial charge in [0.25, 0.3) is 0 Å². The predicted octanol–water partition coefficient (Wildman–Crippen LogP) is 2.93. The Labute approximate surface area is 118 Å². The zero-order valence-corrected chi connectivity index (χ0v) is 12.3. The van der Waals surface area contributed by atoms with Gasteiger partial charge in [0.05, 0.1) is 6.61 Å². The summed E-state index contributed by atoms with van der Waals surface area (Å²) in [6, 6.07) is 8.45. The van der Waals surface area contributed by atoms with Crippen LogP contribution in [0.1, 0.15) is 17.4 Å². The monoisotopic (exact) mass is 276 g/mol. The van der Waals surface area contributed by atoms with Crippen molar-refractivity contribution in [3.8, 4) is 10.6 Å². The molecule has 0 aliphatic rings. The van der Waals surface area contributed by atoms with E-state index >= 15 is 0 Å². The van der Waals surface area contributed by atoms with Gasteiger partial charge in [-0.25, -0.2) is 4.98 Å². The molecular weight excluding hydrogens is 256 g/mol. The number of rotatable bonds is 6. The number of nitrogens with zero attached hydrogens (tertiary/aromatic N) is 2. The first kappa shape index (κ1) is 14.2. The molecule has 0 unspecified atom stereocenters. The van der Waals surface area contributed by atoms with Crippen molar-refractivity contribution in [2.24, 2.45) is 0 Å². The third-order valence-corrected chi connectivity index (χ3v) is 4.13. The van der Waals surface area contributed by atoms with E-state index in [1.54, 1.807) is 11.3 Å². The van der Waals surface area contributed by atoms with Crippen molar-refractivity contribution < 1.29 is 5.11 Å². The molecule has 2 aromatic rings. The van der Waals surface area contributed by atoms with Gasteiger partial charge in [0, 0.05) is 29.7 Å². The van der Waals surface area contributed by atoms with E-state index < -0.39 is 0 Å². The van der Waals surface area contributed by atoms with Crippen LogP contribution in [0, 0.1) is 6.92 Å². The van der Waals surface area contributed by atoms with E-state index in [9.17, 15) is 0 Å². The highest BCUT2D eigenvalue weighted by Crippen LogP contribution is 2.26. The lowest BCUT2D eigenvalue weighted by Crippen LogP contribution is -2.25. The van der Waals surface area contributed by atoms with Crippen molar-refractivity contribution in [3.63, 3.8) is 0 Å². The number of aryl methyl sites for hydroxylation is 1. The highest BCUT2D eigenvalue weighted by molar-refractivity contribution is 7.15. The van der Waals surface area contributed by atoms with E-state index in [0.717, 1.165) is 18.1 Å². The molecule has 0 spiro atoms. The van der Waals surface area contributed by atoms with Gasteiger partial charge in [0.2, 0.25) is 0 Å². The minimum absolute atomic E-state index is 0.206. The second-order valence-corrected chi connectivity index (χ2v) is 5.71. The maximum Gasteiger partial charge on any atom is 0.123 e. The molecule has 0 bridgehead atoms. The smallest absolute Gasteiger partial charge is 0.123 e. The molecule has 0 amide bonds. The normalized spacial score (nSPS) is 11.2. The van der Waals surface area contributed by atoms with Gasteiger partial charge < -0.3 is 5.11 Å². The third-order valence-electron chi connectivity index (χ3n) is 3.09. The summed E-state index contributed by atoms with van der Waals surface area (Å²) >= 11 is 1.73. The van der Waals surface area contributed by atoms with E-state index in [1.807, 2.05) is 6.20 Å². The van der Waals surface area contributed by atoms with Crippen molar-refractivity contribution in [2.45, 2.75) is 20.4 Å². The molecule has 102 valence electrons. The molecule has 0 aliphatic heterocycles. The molecule has 0 atom stereocenters. The van der Waals surface area contributed by atoms with Gasteiger partial charge in [-0.2, -0.15) is 0 Å². The molecule has 3 nitrogen and oxygen atoms in total. The molecule has 0 saturated heterocycles. The quantitative estimate of drug-likeness (QED) is 0.881. The second-order valence-electron chi connectivity index (χ2n) is 4.59. The van der Waals surface area contributed by atoms with Crippen molar-refractivity contribution >= 4 is 11.3 Å². The molecule has 0 aliphatic carbocycles. The number of benzene rings is 1. The van der Waals surface area contributed by atoms with Crippen molar-refractivity contribution in [1.29, 1.82) is 0 Å². The first-order valence-corrected chi connectivity index (χ1v) is 7.39. The van der Waals surface area contributed by atoms with Crippen molar-refractivity contribution in [2.75, 3.05) is 19.7 Å². The Hall–Kier alpha value is -1.23. The number of aliphatic hydroxyl groups is 1. The Morgan fingerprint density at radius 3 is 2.63 bits per heavy atom. The summed E-state index contributed by atoms with van der Waals surface area (Å²) in [5.41, 5.74) is 2.44. The van der Waals surface area contributed by atoms with Crippen LogP contribution in [0.5, 0.6) is 0 Å². The zero-order valence-electron chi connectivity index (χ0n) is 11.5. The fraction of sp³-hybridized carbons (Fsp3) is 0.400. The summed E-state index contributed by atoms with van der Waals surface area (Å²) < 4.78 is 0. The average Bonchev–Trinajstić information content (AvgIpc) is 2.87. The molecule has 2 rings (SSSR count). The van der Waals surface area contributed by atoms with Crippen LogP contribution < -0.4 is 0 Å². The predicted molar refractivity (Wildman–Crippen MR) is 80.3 cm³/mol. The average molecular weight is 276 g/mol. The summed E-state index contributed by atoms with van der Waals surface area (Å²) in [6.45, 7) is 6.92. The van der Waals surface area contributed by atoms with Crippen LogP contribution in [0.2, 0.25) is 0 Å². The molecule has 19 heavy (non-hydrogen) atoms. The molecule has 4 heteroatoms. The molecule has 0 radical (unpaired) electrons. The van der Waals surface area contributed by atoms with Gasteiger partial charge in [-0.1, -0.05) is 36.8 Å². The number of hydrogen-bond acceptors (Lipinski definition) is 4. The summed E-state index contributed by atoms with van der Waals surface area (Å²) in [7, 11) is 0. The van der Waals surface area contributed by atoms with Crippen LogP contribution >= 0.6 is 11.3 Å². The highest BCUT2D eigenvalue weighted by Gasteiger charge is 2.08. The number of hydrogen-bond donors (Lipinski definition) is 1. The third kappa shape index (κ3) is 3.86. The summed E-state index contributed by atoms with van der Waals surface area (Å²) in [6.07, 6.45) is 1.94. The Bertz CT molecular complexity index is 507. The molecule has 1 heterocycles. The Morgan fingerprint density at radius 1 is 1.26 bits per heavy atom. The van der Waals surface area contributed by atoms with Gasteiger partial charge in [-0.15, -0.1) is 11.3 Å². The van der Waals surface area contributed by atoms with Crippen LogP contribution in [0.15, 0.2) is 30.5 Å². The topological polar surface area (TPSA) is 36.4 Å². The molecular formula is C15H20N2OS. The molecule has 1 N–H and O–H groups in total. The first-order chi connectivity index (χ1) is 9.22. The van der Waals surface area contributed by atoms with Crippen LogP contribution in [-0.4, -0.2) is 34.7 Å². The van der Waals surface area contributed by atoms with Crippen molar-refractivity contribution in [3.05, 3.63) is 40.9 Å². The number of thiazole rings is 1. The van der Waals surface area contributed by atoms with Gasteiger partial charge in [-0.05, 0) is 13.5 Å². The van der Waals surface area contributed by atoms with Gasteiger partial charge >= 0.3 is 0 Å². The van der Waals surface area contributed by atoms with E-state index in [-0.39, 0.29) is 6.61 Å². The zero-order chi connectivity index (χ0) is 13.7. The van der Waals surface area contributed by atoms with Gasteiger partial charge in [0.1, 0.15) is 5.01 Å². The SMILES string of the molecule is CCN(CCO)Cc1cnc(-c2ccc(C)cc2)s1. The molecule has 1 aromatic heterocycles. The molecule has 0 fully saturated rings. The highest BCUT2D eigenvalue weighted by atomic mass is 32.1. The standard InChI is InChI=1S/C15H20N2OS/c1-3-17(8-9-18)11-14-10-16-15(19-14)13-6-4-12(2)5-7-13/h4-7,10,18H,3,8-9,11H2,1-2H3. The lowest BCUT2D eigenvalue weighted by molar-refractivity contribution is 0.198. The molecule has 1 aromatic carbocycles. The Kier molecular flexibility index (Phi) is 5.07. The van der Waals surface area contributed by atoms with E-state index in [1.165, 1.54) is 16.0 Å². The molecule has 0 saturated carbocycles. The van der Waals surface area contributed by atoms with Crippen molar-refractivity contribution in [1.82, 2.24) is 9.88 Å². The maximum atomic E-state index is 9.00. The van der Waals surface area contributed by atoms with Gasteiger partial charge in [-0.3, -0.25) is 4.90 Å². The largest absolute Gasteiger partial charge is 0.395 e. The van der Waals surface area contributed by atoms with E-state index in [0.29, 0.717) is 6.54 Å². The van der Waals surface area contributed by atoms with Gasteiger partial charge in [0.15, 0.2) is 0 Å². The fourth-order valence-corrected chi connectivity index (χ4v) is 2.88. The number of aliphatic hydroxyl groups excluding tert-OH is 1. The Morgan fingerprint density at radius 2 is 2.00 bits per heavy atom.